The van der Waals surface area contributed by atoms with Crippen LogP contribution in [-0.4, -0.2) is 38.2 Å². The summed E-state index contributed by atoms with van der Waals surface area (Å²) in [5, 5.41) is 12.5. The van der Waals surface area contributed by atoms with Crippen molar-refractivity contribution in [3.63, 3.8) is 0 Å². The van der Waals surface area contributed by atoms with Crippen molar-refractivity contribution in [3.8, 4) is 0 Å². The van der Waals surface area contributed by atoms with Crippen LogP contribution in [0.15, 0.2) is 72.8 Å². The zero-order valence-corrected chi connectivity index (χ0v) is 21.4. The highest BCUT2D eigenvalue weighted by molar-refractivity contribution is 6.99. The summed E-state index contributed by atoms with van der Waals surface area (Å²) in [6.45, 7) is 9.15. The molecule has 0 radical (unpaired) electrons. The highest BCUT2D eigenvalue weighted by Crippen LogP contribution is 2.37. The number of benzene rings is 2. The zero-order chi connectivity index (χ0) is 23.9. The van der Waals surface area contributed by atoms with Gasteiger partial charge in [0.05, 0.1) is 19.1 Å². The van der Waals surface area contributed by atoms with Crippen molar-refractivity contribution in [1.82, 2.24) is 0 Å². The lowest BCUT2D eigenvalue weighted by atomic mass is 10.00. The molecule has 178 valence electrons. The van der Waals surface area contributed by atoms with Crippen LogP contribution in [0.5, 0.6) is 0 Å². The van der Waals surface area contributed by atoms with Gasteiger partial charge in [-0.15, -0.1) is 0 Å². The number of carbonyl (C=O) groups excluding carboxylic acids is 1. The van der Waals surface area contributed by atoms with Crippen LogP contribution in [0.3, 0.4) is 0 Å². The first kappa shape index (κ1) is 25.4. The largest absolute Gasteiger partial charge is 0.459 e. The van der Waals surface area contributed by atoms with Crippen molar-refractivity contribution < 1.29 is 19.1 Å². The smallest absolute Gasteiger partial charge is 0.306 e. The Morgan fingerprint density at radius 2 is 1.67 bits per heavy atom. The Bertz CT molecular complexity index is 865. The van der Waals surface area contributed by atoms with Crippen LogP contribution >= 0.6 is 0 Å². The summed E-state index contributed by atoms with van der Waals surface area (Å²) in [6, 6.07) is 20.9. The van der Waals surface area contributed by atoms with E-state index in [0.29, 0.717) is 13.0 Å². The number of esters is 1. The maximum Gasteiger partial charge on any atom is 0.306 e. The van der Waals surface area contributed by atoms with Crippen molar-refractivity contribution in [2.45, 2.75) is 70.6 Å². The molecule has 0 unspecified atom stereocenters. The normalized spacial score (nSPS) is 20.2. The third-order valence-corrected chi connectivity index (χ3v) is 11.5. The Balaban J connectivity index is 1.89. The van der Waals surface area contributed by atoms with Crippen LogP contribution in [-0.2, 0) is 14.0 Å². The summed E-state index contributed by atoms with van der Waals surface area (Å²) >= 11 is 0. The van der Waals surface area contributed by atoms with Crippen LogP contribution in [0.4, 0.5) is 0 Å². The van der Waals surface area contributed by atoms with Gasteiger partial charge in [-0.05, 0) is 21.8 Å². The maximum atomic E-state index is 12.2. The fourth-order valence-corrected chi connectivity index (χ4v) is 9.30. The predicted octanol–water partition coefficient (Wildman–Crippen LogP) is 4.60. The second-order valence-electron chi connectivity index (χ2n) is 9.97. The molecule has 2 aromatic rings. The van der Waals surface area contributed by atoms with E-state index in [1.807, 2.05) is 24.3 Å². The molecule has 1 heterocycles. The molecule has 4 nitrogen and oxygen atoms in total. The van der Waals surface area contributed by atoms with Gasteiger partial charge in [0, 0.05) is 5.92 Å². The second-order valence-corrected chi connectivity index (χ2v) is 14.3. The van der Waals surface area contributed by atoms with Crippen molar-refractivity contribution in [1.29, 1.82) is 0 Å². The minimum Gasteiger partial charge on any atom is -0.459 e. The molecule has 2 aromatic carbocycles. The van der Waals surface area contributed by atoms with Gasteiger partial charge >= 0.3 is 5.97 Å². The van der Waals surface area contributed by atoms with Crippen molar-refractivity contribution in [3.05, 3.63) is 72.8 Å². The molecule has 0 aromatic heterocycles. The van der Waals surface area contributed by atoms with E-state index in [1.165, 1.54) is 10.4 Å². The molecule has 33 heavy (non-hydrogen) atoms. The summed E-state index contributed by atoms with van der Waals surface area (Å²) in [4.78, 5) is 12.2. The topological polar surface area (TPSA) is 55.8 Å². The summed E-state index contributed by atoms with van der Waals surface area (Å²) in [7, 11) is -2.70. The lowest BCUT2D eigenvalue weighted by Crippen LogP contribution is -2.67. The number of ether oxygens (including phenoxy) is 1. The average molecular weight is 467 g/mol. The van der Waals surface area contributed by atoms with Crippen LogP contribution in [0.25, 0.3) is 0 Å². The second kappa shape index (κ2) is 11.3. The SMILES string of the molecule is CCCC[C@H](O)C=C[C@@H]1CC(=O)O[C@@H]1CO[Si](c1ccccc1)(c1ccccc1)C(C)(C)C. The van der Waals surface area contributed by atoms with E-state index in [0.717, 1.165) is 19.3 Å². The molecule has 5 heteroatoms. The van der Waals surface area contributed by atoms with Crippen molar-refractivity contribution >= 4 is 24.7 Å². The minimum atomic E-state index is -2.70. The minimum absolute atomic E-state index is 0.0907. The summed E-state index contributed by atoms with van der Waals surface area (Å²) in [6.07, 6.45) is 6.01. The number of cyclic esters (lactones) is 1. The van der Waals surface area contributed by atoms with Gasteiger partial charge in [-0.2, -0.15) is 0 Å². The fourth-order valence-electron chi connectivity index (χ4n) is 4.73. The predicted molar refractivity (Wildman–Crippen MR) is 136 cm³/mol. The summed E-state index contributed by atoms with van der Waals surface area (Å²) in [5.41, 5.74) is 0. The number of hydrogen-bond donors (Lipinski definition) is 1. The molecule has 3 rings (SSSR count). The maximum absolute atomic E-state index is 12.2. The number of aliphatic hydroxyl groups excluding tert-OH is 1. The first-order valence-electron chi connectivity index (χ1n) is 12.1. The lowest BCUT2D eigenvalue weighted by Gasteiger charge is -2.43. The highest BCUT2D eigenvalue weighted by Gasteiger charge is 2.51. The van der Waals surface area contributed by atoms with Gasteiger partial charge in [-0.3, -0.25) is 4.79 Å². The van der Waals surface area contributed by atoms with Gasteiger partial charge in [-0.25, -0.2) is 0 Å². The van der Waals surface area contributed by atoms with Gasteiger partial charge in [0.15, 0.2) is 0 Å². The monoisotopic (exact) mass is 466 g/mol. The lowest BCUT2D eigenvalue weighted by molar-refractivity contribution is -0.142. The molecule has 0 bridgehead atoms. The molecule has 1 saturated heterocycles. The van der Waals surface area contributed by atoms with Gasteiger partial charge in [0.25, 0.3) is 8.32 Å². The molecule has 0 spiro atoms. The van der Waals surface area contributed by atoms with E-state index in [-0.39, 0.29) is 23.0 Å². The summed E-state index contributed by atoms with van der Waals surface area (Å²) in [5.74, 6) is -0.296. The Kier molecular flexibility index (Phi) is 8.68. The van der Waals surface area contributed by atoms with E-state index in [9.17, 15) is 9.90 Å². The van der Waals surface area contributed by atoms with E-state index in [4.69, 9.17) is 9.16 Å². The molecule has 0 saturated carbocycles. The molecule has 0 amide bonds. The Hall–Kier alpha value is -2.21. The highest BCUT2D eigenvalue weighted by atomic mass is 28.4. The third-order valence-electron chi connectivity index (χ3n) is 6.48. The Morgan fingerprint density at radius 3 is 2.18 bits per heavy atom. The van der Waals surface area contributed by atoms with Crippen molar-refractivity contribution in [2.75, 3.05) is 6.61 Å². The summed E-state index contributed by atoms with van der Waals surface area (Å²) < 4.78 is 12.7. The molecular formula is C28H38O4Si. The van der Waals surface area contributed by atoms with E-state index < -0.39 is 14.4 Å². The number of rotatable bonds is 10. The third kappa shape index (κ3) is 6.02. The molecule has 0 aliphatic carbocycles. The fraction of sp³-hybridized carbons (Fsp3) is 0.464. The van der Waals surface area contributed by atoms with Crippen molar-refractivity contribution in [2.24, 2.45) is 5.92 Å². The quantitative estimate of drug-likeness (QED) is 0.316. The Labute approximate surface area is 199 Å². The molecule has 1 aliphatic heterocycles. The van der Waals surface area contributed by atoms with Gasteiger partial charge in [-0.1, -0.05) is 113 Å². The molecule has 1 fully saturated rings. The van der Waals surface area contributed by atoms with E-state index in [1.54, 1.807) is 0 Å². The van der Waals surface area contributed by atoms with Gasteiger partial charge < -0.3 is 14.3 Å². The Morgan fingerprint density at radius 1 is 1.09 bits per heavy atom. The number of aliphatic hydroxyl groups is 1. The standard InChI is InChI=1S/C28H38O4Si/c1-5-6-13-23(29)19-18-22-20-27(30)32-26(22)21-31-33(28(2,3)4,24-14-9-7-10-15-24)25-16-11-8-12-17-25/h7-12,14-19,22-23,26,29H,5-6,13,20-21H2,1-4H3/t22-,23+,26-/m1/s1. The number of carbonyl (C=O) groups is 1. The molecular weight excluding hydrogens is 428 g/mol. The van der Waals surface area contributed by atoms with E-state index >= 15 is 0 Å². The van der Waals surface area contributed by atoms with Crippen LogP contribution in [0.1, 0.15) is 53.4 Å². The molecule has 1 aliphatic rings. The van der Waals surface area contributed by atoms with Crippen LogP contribution < -0.4 is 10.4 Å². The molecule has 1 N–H and O–H groups in total. The van der Waals surface area contributed by atoms with Crippen LogP contribution in [0, 0.1) is 5.92 Å². The number of hydrogen-bond acceptors (Lipinski definition) is 4. The van der Waals surface area contributed by atoms with E-state index in [2.05, 4.69) is 76.2 Å². The average Bonchev–Trinajstić information content (AvgIpc) is 3.16. The first-order chi connectivity index (χ1) is 15.8. The number of unbranched alkanes of at least 4 members (excludes halogenated alkanes) is 1. The zero-order valence-electron chi connectivity index (χ0n) is 20.4. The van der Waals surface area contributed by atoms with Crippen LogP contribution in [0.2, 0.25) is 5.04 Å². The van der Waals surface area contributed by atoms with Gasteiger partial charge in [0.2, 0.25) is 0 Å². The molecule has 3 atom stereocenters. The first-order valence-corrected chi connectivity index (χ1v) is 14.0. The van der Waals surface area contributed by atoms with Gasteiger partial charge in [0.1, 0.15) is 6.10 Å².